The third kappa shape index (κ3) is 3.83. The van der Waals surface area contributed by atoms with Crippen molar-refractivity contribution in [2.24, 2.45) is 5.90 Å². The Labute approximate surface area is 175 Å². The van der Waals surface area contributed by atoms with E-state index in [-0.39, 0.29) is 12.5 Å². The maximum atomic E-state index is 11.8. The number of ether oxygens (including phenoxy) is 3. The van der Waals surface area contributed by atoms with E-state index in [1.165, 1.54) is 18.9 Å². The van der Waals surface area contributed by atoms with Gasteiger partial charge in [0, 0.05) is 22.6 Å². The SMILES string of the molecule is COc1cc(-n2nncc2-c2ccc(SC)c(OP(=O)(O)ON)c2)cc2c1OCO2. The van der Waals surface area contributed by atoms with Crippen LogP contribution >= 0.6 is 19.6 Å². The number of hydrogen-bond donors (Lipinski definition) is 2. The molecule has 158 valence electrons. The van der Waals surface area contributed by atoms with Crippen LogP contribution in [-0.4, -0.2) is 40.0 Å². The Morgan fingerprint density at radius 2 is 2.10 bits per heavy atom. The fourth-order valence-corrected chi connectivity index (χ4v) is 3.92. The first-order valence-electron chi connectivity index (χ1n) is 8.43. The molecular formula is C17H17N4O7PS. The Morgan fingerprint density at radius 3 is 2.83 bits per heavy atom. The maximum Gasteiger partial charge on any atom is 0.544 e. The molecule has 0 aliphatic carbocycles. The molecule has 3 N–H and O–H groups in total. The van der Waals surface area contributed by atoms with E-state index in [9.17, 15) is 9.46 Å². The molecule has 0 saturated carbocycles. The van der Waals surface area contributed by atoms with E-state index in [1.54, 1.807) is 41.4 Å². The highest BCUT2D eigenvalue weighted by atomic mass is 32.2. The van der Waals surface area contributed by atoms with Gasteiger partial charge in [0.1, 0.15) is 5.75 Å². The summed E-state index contributed by atoms with van der Waals surface area (Å²) in [7, 11) is -2.91. The van der Waals surface area contributed by atoms with Crippen molar-refractivity contribution >= 4 is 19.6 Å². The Bertz CT molecular complexity index is 1140. The summed E-state index contributed by atoms with van der Waals surface area (Å²) >= 11 is 1.33. The average molecular weight is 452 g/mol. The van der Waals surface area contributed by atoms with Gasteiger partial charge in [-0.25, -0.2) is 15.1 Å². The Balaban J connectivity index is 1.78. The number of aromatic nitrogens is 3. The molecule has 0 fully saturated rings. The molecule has 1 aliphatic rings. The summed E-state index contributed by atoms with van der Waals surface area (Å²) in [6.45, 7) is 0.0979. The van der Waals surface area contributed by atoms with Gasteiger partial charge in [0.2, 0.25) is 12.5 Å². The number of benzene rings is 2. The Hall–Kier alpha value is -2.76. The summed E-state index contributed by atoms with van der Waals surface area (Å²) < 4.78 is 38.8. The molecule has 3 aromatic rings. The summed E-state index contributed by atoms with van der Waals surface area (Å²) in [4.78, 5) is 10.2. The molecule has 0 radical (unpaired) electrons. The molecule has 2 aromatic carbocycles. The summed E-state index contributed by atoms with van der Waals surface area (Å²) in [5.74, 6) is 6.51. The number of nitrogens with zero attached hydrogens (tertiary/aromatic N) is 3. The van der Waals surface area contributed by atoms with Crippen LogP contribution in [0.4, 0.5) is 0 Å². The molecule has 1 unspecified atom stereocenters. The van der Waals surface area contributed by atoms with Crippen molar-refractivity contribution in [3.05, 3.63) is 36.5 Å². The summed E-state index contributed by atoms with van der Waals surface area (Å²) in [5, 5.41) is 8.14. The highest BCUT2D eigenvalue weighted by molar-refractivity contribution is 7.98. The van der Waals surface area contributed by atoms with Gasteiger partial charge in [-0.2, -0.15) is 4.62 Å². The van der Waals surface area contributed by atoms with Gasteiger partial charge in [-0.15, -0.1) is 16.9 Å². The van der Waals surface area contributed by atoms with Crippen LogP contribution < -0.4 is 24.6 Å². The second kappa shape index (κ2) is 8.17. The lowest BCUT2D eigenvalue weighted by atomic mass is 10.1. The molecule has 0 bridgehead atoms. The van der Waals surface area contributed by atoms with Crippen molar-refractivity contribution in [1.82, 2.24) is 15.0 Å². The number of thioether (sulfide) groups is 1. The summed E-state index contributed by atoms with van der Waals surface area (Å²) in [6.07, 6.45) is 3.35. The quantitative estimate of drug-likeness (QED) is 0.311. The van der Waals surface area contributed by atoms with Gasteiger partial charge in [0.15, 0.2) is 11.5 Å². The first-order valence-corrected chi connectivity index (χ1v) is 11.2. The highest BCUT2D eigenvalue weighted by Gasteiger charge is 2.25. The largest absolute Gasteiger partial charge is 0.544 e. The monoisotopic (exact) mass is 452 g/mol. The second-order valence-electron chi connectivity index (χ2n) is 5.94. The lowest BCUT2D eigenvalue weighted by molar-refractivity contribution is 0.171. The molecule has 4 rings (SSSR count). The van der Waals surface area contributed by atoms with Crippen LogP contribution in [0.15, 0.2) is 41.4 Å². The minimum Gasteiger partial charge on any atom is -0.493 e. The van der Waals surface area contributed by atoms with Gasteiger partial charge in [0.25, 0.3) is 0 Å². The molecule has 11 nitrogen and oxygen atoms in total. The fourth-order valence-electron chi connectivity index (χ4n) is 2.91. The molecule has 1 aliphatic heterocycles. The van der Waals surface area contributed by atoms with Crippen molar-refractivity contribution in [2.45, 2.75) is 4.90 Å². The third-order valence-corrected chi connectivity index (χ3v) is 5.71. The van der Waals surface area contributed by atoms with Crippen molar-refractivity contribution < 1.29 is 32.8 Å². The molecule has 13 heteroatoms. The first kappa shape index (κ1) is 20.5. The lowest BCUT2D eigenvalue weighted by Crippen LogP contribution is -2.03. The molecular weight excluding hydrogens is 435 g/mol. The zero-order valence-corrected chi connectivity index (χ0v) is 17.6. The number of phosphoric acid groups is 1. The molecule has 2 heterocycles. The number of phosphoric ester groups is 1. The fraction of sp³-hybridized carbons (Fsp3) is 0.176. The number of hydrogen-bond acceptors (Lipinski definition) is 10. The minimum absolute atomic E-state index is 0.0979. The van der Waals surface area contributed by atoms with E-state index in [4.69, 9.17) is 24.6 Å². The summed E-state index contributed by atoms with van der Waals surface area (Å²) in [5.41, 5.74) is 1.84. The number of methoxy groups -OCH3 is 1. The van der Waals surface area contributed by atoms with Crippen molar-refractivity contribution in [3.63, 3.8) is 0 Å². The van der Waals surface area contributed by atoms with Crippen molar-refractivity contribution in [3.8, 4) is 39.9 Å². The van der Waals surface area contributed by atoms with Crippen LogP contribution in [0.25, 0.3) is 16.9 Å². The van der Waals surface area contributed by atoms with Crippen LogP contribution in [-0.2, 0) is 9.19 Å². The molecule has 0 saturated heterocycles. The lowest BCUT2D eigenvalue weighted by Gasteiger charge is -2.14. The maximum absolute atomic E-state index is 11.8. The second-order valence-corrected chi connectivity index (χ2v) is 8.12. The molecule has 0 spiro atoms. The van der Waals surface area contributed by atoms with Gasteiger partial charge in [0.05, 0.1) is 24.7 Å². The smallest absolute Gasteiger partial charge is 0.493 e. The van der Waals surface area contributed by atoms with Gasteiger partial charge < -0.3 is 18.7 Å². The van der Waals surface area contributed by atoms with Gasteiger partial charge in [-0.05, 0) is 18.4 Å². The molecule has 1 aromatic heterocycles. The van der Waals surface area contributed by atoms with E-state index < -0.39 is 7.82 Å². The predicted molar refractivity (Wildman–Crippen MR) is 107 cm³/mol. The van der Waals surface area contributed by atoms with E-state index in [1.807, 2.05) is 6.07 Å². The normalized spacial score (nSPS) is 14.4. The van der Waals surface area contributed by atoms with E-state index in [2.05, 4.69) is 14.9 Å². The average Bonchev–Trinajstić information content (AvgIpc) is 3.42. The van der Waals surface area contributed by atoms with E-state index in [0.29, 0.717) is 39.1 Å². The first-order chi connectivity index (χ1) is 14.5. The standard InChI is InChI=1S/C17H17N4O7PS/c1-24-14-6-11(7-15-17(14)26-9-25-15)21-12(8-19-20-21)10-3-4-16(30-2)13(5-10)27-29(22,23)28-18/h3-8H,9,18H2,1-2H3,(H,22,23). The van der Waals surface area contributed by atoms with Crippen LogP contribution in [0, 0.1) is 0 Å². The number of nitrogens with two attached hydrogens (primary N) is 1. The van der Waals surface area contributed by atoms with Crippen LogP contribution in [0.2, 0.25) is 0 Å². The van der Waals surface area contributed by atoms with Crippen molar-refractivity contribution in [2.75, 3.05) is 20.2 Å². The summed E-state index contributed by atoms with van der Waals surface area (Å²) in [6, 6.07) is 8.62. The molecule has 30 heavy (non-hydrogen) atoms. The zero-order chi connectivity index (χ0) is 21.3. The van der Waals surface area contributed by atoms with Gasteiger partial charge in [-0.3, -0.25) is 4.89 Å². The Morgan fingerprint density at radius 1 is 1.27 bits per heavy atom. The zero-order valence-electron chi connectivity index (χ0n) is 15.8. The van der Waals surface area contributed by atoms with Crippen LogP contribution in [0.3, 0.4) is 0 Å². The predicted octanol–water partition coefficient (Wildman–Crippen LogP) is 2.76. The van der Waals surface area contributed by atoms with Gasteiger partial charge in [-0.1, -0.05) is 11.3 Å². The minimum atomic E-state index is -4.44. The number of fused-ring (bicyclic) bond motifs is 1. The van der Waals surface area contributed by atoms with Crippen LogP contribution in [0.1, 0.15) is 0 Å². The topological polar surface area (TPSA) is 140 Å². The molecule has 1 atom stereocenters. The van der Waals surface area contributed by atoms with E-state index in [0.717, 1.165) is 0 Å². The van der Waals surface area contributed by atoms with Gasteiger partial charge >= 0.3 is 7.82 Å². The number of rotatable bonds is 7. The van der Waals surface area contributed by atoms with Crippen molar-refractivity contribution in [1.29, 1.82) is 0 Å². The third-order valence-electron chi connectivity index (χ3n) is 4.24. The molecule has 0 amide bonds. The Kier molecular flexibility index (Phi) is 5.58. The highest BCUT2D eigenvalue weighted by Crippen LogP contribution is 2.46. The van der Waals surface area contributed by atoms with Crippen LogP contribution in [0.5, 0.6) is 23.0 Å². The van der Waals surface area contributed by atoms with E-state index >= 15 is 0 Å².